The lowest BCUT2D eigenvalue weighted by Gasteiger charge is -2.36. The van der Waals surface area contributed by atoms with E-state index in [2.05, 4.69) is 0 Å². The number of hydrogen-bond donors (Lipinski definition) is 1. The number of aliphatic hydroxyl groups excluding tert-OH is 1. The molecule has 1 N–H and O–H groups in total. The van der Waals surface area contributed by atoms with Crippen molar-refractivity contribution in [2.45, 2.75) is 26.2 Å². The summed E-state index contributed by atoms with van der Waals surface area (Å²) in [4.78, 5) is 10.1. The fourth-order valence-corrected chi connectivity index (χ4v) is 1.50. The van der Waals surface area contributed by atoms with Crippen LogP contribution in [0.3, 0.4) is 0 Å². The number of aliphatic hydroxyl groups is 1. The van der Waals surface area contributed by atoms with Crippen LogP contribution < -0.4 is 0 Å². The number of carbonyl (C=O) groups is 1. The molecule has 0 aromatic heterocycles. The summed E-state index contributed by atoms with van der Waals surface area (Å²) in [6.07, 6.45) is -1.04. The van der Waals surface area contributed by atoms with Gasteiger partial charge in [0.25, 0.3) is 6.47 Å². The van der Waals surface area contributed by atoms with Crippen LogP contribution in [0.1, 0.15) is 13.8 Å². The summed E-state index contributed by atoms with van der Waals surface area (Å²) in [6.45, 7) is 4.59. The molecular weight excluding hydrogens is 160 g/mol. The molecule has 0 saturated carbocycles. The molecule has 0 amide bonds. The molecule has 1 rings (SSSR count). The Morgan fingerprint density at radius 2 is 2.25 bits per heavy atom. The van der Waals surface area contributed by atoms with Crippen LogP contribution in [0.4, 0.5) is 0 Å². The fourth-order valence-electron chi connectivity index (χ4n) is 1.50. The summed E-state index contributed by atoms with van der Waals surface area (Å²) in [5, 5.41) is 9.27. The van der Waals surface area contributed by atoms with E-state index in [4.69, 9.17) is 9.47 Å². The van der Waals surface area contributed by atoms with Crippen LogP contribution in [-0.4, -0.2) is 30.6 Å². The molecule has 0 spiro atoms. The van der Waals surface area contributed by atoms with Gasteiger partial charge in [-0.2, -0.15) is 0 Å². The lowest BCUT2D eigenvalue weighted by molar-refractivity contribution is -0.213. The molecule has 1 aliphatic rings. The third-order valence-electron chi connectivity index (χ3n) is 2.27. The quantitative estimate of drug-likeness (QED) is 0.605. The van der Waals surface area contributed by atoms with Gasteiger partial charge in [0.1, 0.15) is 6.10 Å². The van der Waals surface area contributed by atoms with E-state index in [-0.39, 0.29) is 17.9 Å². The minimum Gasteiger partial charge on any atom is -0.464 e. The van der Waals surface area contributed by atoms with Crippen molar-refractivity contribution < 1.29 is 19.4 Å². The van der Waals surface area contributed by atoms with Gasteiger partial charge >= 0.3 is 0 Å². The first-order chi connectivity index (χ1) is 5.66. The second-order valence-corrected chi connectivity index (χ2v) is 3.26. The minimum absolute atomic E-state index is 0.147. The van der Waals surface area contributed by atoms with Gasteiger partial charge in [0.2, 0.25) is 0 Å². The average molecular weight is 174 g/mol. The Balaban J connectivity index is 2.58. The zero-order valence-electron chi connectivity index (χ0n) is 7.27. The maximum Gasteiger partial charge on any atom is 0.293 e. The molecule has 0 aliphatic carbocycles. The molecule has 4 atom stereocenters. The molecule has 12 heavy (non-hydrogen) atoms. The molecule has 0 radical (unpaired) electrons. The SMILES string of the molecule is CC1COC(O)C(C)C1OC=O. The first-order valence-corrected chi connectivity index (χ1v) is 4.05. The molecule has 1 aliphatic heterocycles. The van der Waals surface area contributed by atoms with Crippen LogP contribution in [0.15, 0.2) is 0 Å². The normalized spacial score (nSPS) is 42.2. The van der Waals surface area contributed by atoms with Crippen LogP contribution in [0.25, 0.3) is 0 Å². The largest absolute Gasteiger partial charge is 0.464 e. The Bertz CT molecular complexity index is 159. The van der Waals surface area contributed by atoms with Crippen LogP contribution >= 0.6 is 0 Å². The highest BCUT2D eigenvalue weighted by atomic mass is 16.6. The smallest absolute Gasteiger partial charge is 0.293 e. The second-order valence-electron chi connectivity index (χ2n) is 3.26. The Morgan fingerprint density at radius 1 is 1.58 bits per heavy atom. The molecule has 1 fully saturated rings. The Hall–Kier alpha value is -0.610. The third-order valence-corrected chi connectivity index (χ3v) is 2.27. The van der Waals surface area contributed by atoms with Gasteiger partial charge in [-0.1, -0.05) is 13.8 Å². The van der Waals surface area contributed by atoms with E-state index in [0.29, 0.717) is 13.1 Å². The van der Waals surface area contributed by atoms with Crippen LogP contribution in [-0.2, 0) is 14.3 Å². The Morgan fingerprint density at radius 3 is 2.83 bits per heavy atom. The van der Waals surface area contributed by atoms with Gasteiger partial charge in [-0.05, 0) is 0 Å². The summed E-state index contributed by atoms with van der Waals surface area (Å²) in [7, 11) is 0. The fraction of sp³-hybridized carbons (Fsp3) is 0.875. The van der Waals surface area contributed by atoms with Gasteiger partial charge in [-0.3, -0.25) is 4.79 Å². The van der Waals surface area contributed by atoms with Crippen LogP contribution in [0.2, 0.25) is 0 Å². The van der Waals surface area contributed by atoms with Crippen molar-refractivity contribution in [3.63, 3.8) is 0 Å². The molecule has 0 aromatic rings. The maximum absolute atomic E-state index is 10.1. The molecule has 0 bridgehead atoms. The topological polar surface area (TPSA) is 55.8 Å². The Labute approximate surface area is 71.5 Å². The van der Waals surface area contributed by atoms with E-state index >= 15 is 0 Å². The monoisotopic (exact) mass is 174 g/mol. The minimum atomic E-state index is -0.814. The van der Waals surface area contributed by atoms with Gasteiger partial charge in [0.15, 0.2) is 6.29 Å². The molecule has 0 aromatic carbocycles. The highest BCUT2D eigenvalue weighted by molar-refractivity contribution is 5.37. The van der Waals surface area contributed by atoms with Crippen molar-refractivity contribution in [3.05, 3.63) is 0 Å². The molecule has 4 heteroatoms. The summed E-state index contributed by atoms with van der Waals surface area (Å²) in [5.41, 5.74) is 0. The van der Waals surface area contributed by atoms with E-state index < -0.39 is 6.29 Å². The zero-order chi connectivity index (χ0) is 9.14. The van der Waals surface area contributed by atoms with Crippen molar-refractivity contribution in [2.75, 3.05) is 6.61 Å². The van der Waals surface area contributed by atoms with Crippen molar-refractivity contribution >= 4 is 6.47 Å². The first kappa shape index (κ1) is 9.48. The van der Waals surface area contributed by atoms with Gasteiger partial charge in [0, 0.05) is 11.8 Å². The van der Waals surface area contributed by atoms with Crippen molar-refractivity contribution in [3.8, 4) is 0 Å². The number of carbonyl (C=O) groups excluding carboxylic acids is 1. The molecule has 4 nitrogen and oxygen atoms in total. The molecule has 70 valence electrons. The lowest BCUT2D eigenvalue weighted by atomic mass is 9.91. The number of hydrogen-bond acceptors (Lipinski definition) is 4. The Kier molecular flexibility index (Phi) is 3.05. The number of ether oxygens (including phenoxy) is 2. The summed E-state index contributed by atoms with van der Waals surface area (Å²) < 4.78 is 9.90. The van der Waals surface area contributed by atoms with Crippen molar-refractivity contribution in [1.82, 2.24) is 0 Å². The summed E-state index contributed by atoms with van der Waals surface area (Å²) in [5.74, 6) is -0.00690. The molecule has 1 heterocycles. The van der Waals surface area contributed by atoms with Gasteiger partial charge in [0.05, 0.1) is 6.61 Å². The van der Waals surface area contributed by atoms with Gasteiger partial charge < -0.3 is 14.6 Å². The number of rotatable bonds is 2. The maximum atomic E-state index is 10.1. The first-order valence-electron chi connectivity index (χ1n) is 4.05. The summed E-state index contributed by atoms with van der Waals surface area (Å²) in [6, 6.07) is 0. The molecular formula is C8H14O4. The van der Waals surface area contributed by atoms with Gasteiger partial charge in [-0.15, -0.1) is 0 Å². The van der Waals surface area contributed by atoms with E-state index in [9.17, 15) is 9.90 Å². The molecule has 1 saturated heterocycles. The van der Waals surface area contributed by atoms with E-state index in [1.54, 1.807) is 6.92 Å². The highest BCUT2D eigenvalue weighted by Gasteiger charge is 2.35. The lowest BCUT2D eigenvalue weighted by Crippen LogP contribution is -2.44. The van der Waals surface area contributed by atoms with E-state index in [1.807, 2.05) is 6.92 Å². The van der Waals surface area contributed by atoms with Crippen molar-refractivity contribution in [1.29, 1.82) is 0 Å². The van der Waals surface area contributed by atoms with Crippen LogP contribution in [0.5, 0.6) is 0 Å². The van der Waals surface area contributed by atoms with Crippen LogP contribution in [0, 0.1) is 11.8 Å². The average Bonchev–Trinajstić information content (AvgIpc) is 2.06. The van der Waals surface area contributed by atoms with E-state index in [1.165, 1.54) is 0 Å². The summed E-state index contributed by atoms with van der Waals surface area (Å²) >= 11 is 0. The van der Waals surface area contributed by atoms with Crippen molar-refractivity contribution in [2.24, 2.45) is 11.8 Å². The highest BCUT2D eigenvalue weighted by Crippen LogP contribution is 2.25. The van der Waals surface area contributed by atoms with E-state index in [0.717, 1.165) is 0 Å². The third kappa shape index (κ3) is 1.76. The standard InChI is InChI=1S/C8H14O4/c1-5-3-11-8(10)6(2)7(5)12-4-9/h4-8,10H,3H2,1-2H3. The molecule has 4 unspecified atom stereocenters. The zero-order valence-corrected chi connectivity index (χ0v) is 7.27. The second kappa shape index (κ2) is 3.87. The predicted octanol–water partition coefficient (Wildman–Crippen LogP) is 0.149. The van der Waals surface area contributed by atoms with Gasteiger partial charge in [-0.25, -0.2) is 0 Å². The predicted molar refractivity (Wildman–Crippen MR) is 41.2 cm³/mol.